The van der Waals surface area contributed by atoms with E-state index in [-0.39, 0.29) is 11.5 Å². The molecule has 0 aliphatic heterocycles. The van der Waals surface area contributed by atoms with Gasteiger partial charge in [-0.15, -0.1) is 0 Å². The summed E-state index contributed by atoms with van der Waals surface area (Å²) in [6.07, 6.45) is 1.69. The zero-order valence-corrected chi connectivity index (χ0v) is 13.7. The highest BCUT2D eigenvalue weighted by Crippen LogP contribution is 2.21. The Kier molecular flexibility index (Phi) is 4.31. The minimum atomic E-state index is -0.617. The van der Waals surface area contributed by atoms with Gasteiger partial charge in [0.15, 0.2) is 0 Å². The number of rotatable bonds is 3. The number of nitrogens with one attached hydrogen (secondary N) is 1. The van der Waals surface area contributed by atoms with E-state index in [9.17, 15) is 9.18 Å². The van der Waals surface area contributed by atoms with E-state index in [1.165, 1.54) is 12.1 Å². The number of aromatic nitrogens is 2. The van der Waals surface area contributed by atoms with Gasteiger partial charge in [-0.05, 0) is 50.2 Å². The molecule has 0 aliphatic rings. The fraction of sp³-hybridized carbons (Fsp3) is 0.105. The third-order valence-corrected chi connectivity index (χ3v) is 3.90. The van der Waals surface area contributed by atoms with Crippen LogP contribution in [0.1, 0.15) is 27.3 Å². The molecule has 0 aliphatic carbocycles. The first-order chi connectivity index (χ1) is 12.0. The van der Waals surface area contributed by atoms with Crippen molar-refractivity contribution in [2.45, 2.75) is 13.8 Å². The topological polar surface area (TPSA) is 70.7 Å². The van der Waals surface area contributed by atoms with E-state index >= 15 is 0 Å². The molecule has 3 rings (SSSR count). The molecule has 2 aromatic heterocycles. The molecule has 0 fully saturated rings. The zero-order valence-electron chi connectivity index (χ0n) is 13.7. The van der Waals surface area contributed by atoms with Crippen LogP contribution in [0.4, 0.5) is 10.1 Å². The van der Waals surface area contributed by atoms with Crippen LogP contribution in [0.3, 0.4) is 0 Å². The molecule has 25 heavy (non-hydrogen) atoms. The molecule has 1 aromatic carbocycles. The highest BCUT2D eigenvalue weighted by Gasteiger charge is 2.17. The lowest BCUT2D eigenvalue weighted by Crippen LogP contribution is -2.13. The molecule has 0 spiro atoms. The number of benzene rings is 1. The summed E-state index contributed by atoms with van der Waals surface area (Å²) in [7, 11) is 0. The van der Waals surface area contributed by atoms with E-state index in [0.29, 0.717) is 11.3 Å². The number of anilines is 1. The van der Waals surface area contributed by atoms with Crippen molar-refractivity contribution in [3.63, 3.8) is 0 Å². The Morgan fingerprint density at radius 1 is 1.24 bits per heavy atom. The number of carbonyl (C=O) groups is 1. The average molecular weight is 334 g/mol. The van der Waals surface area contributed by atoms with Crippen molar-refractivity contribution in [1.29, 1.82) is 5.26 Å². The van der Waals surface area contributed by atoms with Gasteiger partial charge in [0, 0.05) is 23.3 Å². The second-order valence-corrected chi connectivity index (χ2v) is 5.57. The fourth-order valence-corrected chi connectivity index (χ4v) is 2.72. The van der Waals surface area contributed by atoms with E-state index in [1.807, 2.05) is 36.6 Å². The zero-order chi connectivity index (χ0) is 18.0. The van der Waals surface area contributed by atoms with Crippen LogP contribution >= 0.6 is 0 Å². The quantitative estimate of drug-likeness (QED) is 0.793. The van der Waals surface area contributed by atoms with Crippen LogP contribution < -0.4 is 5.32 Å². The number of pyridine rings is 1. The minimum absolute atomic E-state index is 0.114. The maximum Gasteiger partial charge on any atom is 0.257 e. The average Bonchev–Trinajstić information content (AvgIpc) is 2.92. The van der Waals surface area contributed by atoms with Crippen LogP contribution in [0.5, 0.6) is 0 Å². The third kappa shape index (κ3) is 3.12. The molecule has 1 amide bonds. The number of amides is 1. The summed E-state index contributed by atoms with van der Waals surface area (Å²) in [5.41, 5.74) is 2.36. The van der Waals surface area contributed by atoms with Crippen LogP contribution in [0.15, 0.2) is 48.7 Å². The van der Waals surface area contributed by atoms with E-state index in [0.717, 1.165) is 23.3 Å². The maximum atomic E-state index is 13.4. The van der Waals surface area contributed by atoms with Crippen molar-refractivity contribution in [1.82, 2.24) is 9.55 Å². The summed E-state index contributed by atoms with van der Waals surface area (Å²) in [5, 5.41) is 11.6. The molecule has 124 valence electrons. The Labute approximate surface area is 144 Å². The smallest absolute Gasteiger partial charge is 0.257 e. The van der Waals surface area contributed by atoms with Crippen LogP contribution in [-0.4, -0.2) is 15.5 Å². The summed E-state index contributed by atoms with van der Waals surface area (Å²) < 4.78 is 15.3. The van der Waals surface area contributed by atoms with Crippen LogP contribution in [0.2, 0.25) is 0 Å². The van der Waals surface area contributed by atoms with Gasteiger partial charge in [0.25, 0.3) is 5.91 Å². The second-order valence-electron chi connectivity index (χ2n) is 5.57. The van der Waals surface area contributed by atoms with E-state index in [1.54, 1.807) is 18.3 Å². The van der Waals surface area contributed by atoms with Crippen molar-refractivity contribution < 1.29 is 9.18 Å². The van der Waals surface area contributed by atoms with Crippen molar-refractivity contribution >= 4 is 11.6 Å². The molecular weight excluding hydrogens is 319 g/mol. The number of aryl methyl sites for hydroxylation is 1. The molecule has 3 aromatic rings. The molecule has 0 atom stereocenters. The van der Waals surface area contributed by atoms with Crippen molar-refractivity contribution in [3.8, 4) is 11.9 Å². The van der Waals surface area contributed by atoms with Gasteiger partial charge in [0.1, 0.15) is 17.7 Å². The molecule has 1 N–H and O–H groups in total. The Hall–Kier alpha value is -3.46. The van der Waals surface area contributed by atoms with E-state index in [2.05, 4.69) is 10.3 Å². The molecule has 0 radical (unpaired) electrons. The molecular formula is C19H15FN4O. The van der Waals surface area contributed by atoms with Crippen molar-refractivity contribution in [2.75, 3.05) is 5.32 Å². The monoisotopic (exact) mass is 334 g/mol. The first-order valence-corrected chi connectivity index (χ1v) is 7.62. The molecule has 0 saturated heterocycles. The Morgan fingerprint density at radius 3 is 2.72 bits per heavy atom. The number of carbonyl (C=O) groups excluding carboxylic acids is 1. The Morgan fingerprint density at radius 2 is 2.04 bits per heavy atom. The highest BCUT2D eigenvalue weighted by atomic mass is 19.1. The summed E-state index contributed by atoms with van der Waals surface area (Å²) in [5.74, 6) is -0.218. The van der Waals surface area contributed by atoms with E-state index < -0.39 is 5.82 Å². The minimum Gasteiger partial charge on any atom is -0.322 e. The van der Waals surface area contributed by atoms with Gasteiger partial charge >= 0.3 is 0 Å². The second kappa shape index (κ2) is 6.57. The summed E-state index contributed by atoms with van der Waals surface area (Å²) in [6, 6.07) is 13.0. The van der Waals surface area contributed by atoms with Crippen molar-refractivity contribution in [3.05, 3.63) is 77.0 Å². The van der Waals surface area contributed by atoms with Gasteiger partial charge < -0.3 is 9.88 Å². The largest absolute Gasteiger partial charge is 0.322 e. The van der Waals surface area contributed by atoms with Gasteiger partial charge in [-0.1, -0.05) is 6.07 Å². The van der Waals surface area contributed by atoms with Crippen molar-refractivity contribution in [2.24, 2.45) is 0 Å². The van der Waals surface area contributed by atoms with Crippen LogP contribution in [-0.2, 0) is 0 Å². The Bertz CT molecular complexity index is 987. The SMILES string of the molecule is Cc1cc(C(=O)Nc2ccc(F)c(C#N)c2)c(C)n1-c1ccccn1. The van der Waals surface area contributed by atoms with Gasteiger partial charge in [0.2, 0.25) is 0 Å². The number of halogens is 1. The Balaban J connectivity index is 1.93. The summed E-state index contributed by atoms with van der Waals surface area (Å²) >= 11 is 0. The lowest BCUT2D eigenvalue weighted by Gasteiger charge is -2.09. The van der Waals surface area contributed by atoms with Gasteiger partial charge in [-0.25, -0.2) is 9.37 Å². The number of hydrogen-bond acceptors (Lipinski definition) is 3. The lowest BCUT2D eigenvalue weighted by atomic mass is 10.2. The predicted molar refractivity (Wildman–Crippen MR) is 92.1 cm³/mol. The molecule has 0 saturated carbocycles. The molecule has 5 nitrogen and oxygen atoms in total. The fourth-order valence-electron chi connectivity index (χ4n) is 2.72. The molecule has 0 bridgehead atoms. The maximum absolute atomic E-state index is 13.4. The molecule has 2 heterocycles. The molecule has 6 heteroatoms. The number of nitriles is 1. The van der Waals surface area contributed by atoms with Gasteiger partial charge in [-0.2, -0.15) is 5.26 Å². The van der Waals surface area contributed by atoms with Crippen LogP contribution in [0, 0.1) is 31.0 Å². The standard InChI is InChI=1S/C19H15FN4O/c1-12-9-16(13(2)24(12)18-5-3-4-8-22-18)19(25)23-15-6-7-17(20)14(10-15)11-21/h3-10H,1-2H3,(H,23,25). The summed E-state index contributed by atoms with van der Waals surface area (Å²) in [6.45, 7) is 3.73. The van der Waals surface area contributed by atoms with E-state index in [4.69, 9.17) is 5.26 Å². The van der Waals surface area contributed by atoms with Gasteiger partial charge in [0.05, 0.1) is 11.1 Å². The summed E-state index contributed by atoms with van der Waals surface area (Å²) in [4.78, 5) is 16.9. The van der Waals surface area contributed by atoms with Gasteiger partial charge in [-0.3, -0.25) is 4.79 Å². The normalized spacial score (nSPS) is 10.3. The third-order valence-electron chi connectivity index (χ3n) is 3.90. The highest BCUT2D eigenvalue weighted by molar-refractivity contribution is 6.05. The predicted octanol–water partition coefficient (Wildman–Crippen LogP) is 3.75. The van der Waals surface area contributed by atoms with Crippen LogP contribution in [0.25, 0.3) is 5.82 Å². The first kappa shape index (κ1) is 16.4. The number of hydrogen-bond donors (Lipinski definition) is 1. The first-order valence-electron chi connectivity index (χ1n) is 7.62. The number of nitrogens with zero attached hydrogens (tertiary/aromatic N) is 3. The lowest BCUT2D eigenvalue weighted by molar-refractivity contribution is 0.102. The molecule has 0 unspecified atom stereocenters.